The number of rotatable bonds is 4. The van der Waals surface area contributed by atoms with E-state index in [4.69, 9.17) is 0 Å². The Hall–Kier alpha value is -0.920. The van der Waals surface area contributed by atoms with Crippen LogP contribution in [0.2, 0.25) is 0 Å². The minimum absolute atomic E-state index is 0.0670. The first kappa shape index (κ1) is 15.5. The number of sulfone groups is 1. The van der Waals surface area contributed by atoms with Gasteiger partial charge in [0.1, 0.15) is 0 Å². The first-order valence-electron chi connectivity index (χ1n) is 6.55. The molecular weight excluding hydrogens is 298 g/mol. The van der Waals surface area contributed by atoms with E-state index in [1.807, 2.05) is 6.92 Å². The van der Waals surface area contributed by atoms with Gasteiger partial charge in [0.05, 0.1) is 16.4 Å². The van der Waals surface area contributed by atoms with Gasteiger partial charge in [0.2, 0.25) is 10.0 Å². The smallest absolute Gasteiger partial charge is 0.229 e. The molecule has 1 aromatic rings. The molecule has 112 valence electrons. The summed E-state index contributed by atoms with van der Waals surface area (Å²) in [5.74, 6) is -0.0104. The number of sulfonamides is 1. The van der Waals surface area contributed by atoms with Crippen molar-refractivity contribution in [2.45, 2.75) is 31.2 Å². The second-order valence-electron chi connectivity index (χ2n) is 5.08. The first-order chi connectivity index (χ1) is 9.26. The van der Waals surface area contributed by atoms with Crippen molar-refractivity contribution in [3.8, 4) is 0 Å². The minimum Gasteiger partial charge on any atom is -0.229 e. The van der Waals surface area contributed by atoms with Gasteiger partial charge in [0.15, 0.2) is 9.84 Å². The number of aryl methyl sites for hydroxylation is 1. The maximum absolute atomic E-state index is 12.6. The highest BCUT2D eigenvalue weighted by atomic mass is 32.2. The molecule has 0 unspecified atom stereocenters. The number of nitrogens with zero attached hydrogens (tertiary/aromatic N) is 1. The van der Waals surface area contributed by atoms with Crippen molar-refractivity contribution in [3.63, 3.8) is 0 Å². The third-order valence-corrected chi connectivity index (χ3v) is 7.35. The summed E-state index contributed by atoms with van der Waals surface area (Å²) in [6.07, 6.45) is 0.376. The van der Waals surface area contributed by atoms with E-state index in [0.717, 1.165) is 5.56 Å². The van der Waals surface area contributed by atoms with E-state index in [2.05, 4.69) is 0 Å². The van der Waals surface area contributed by atoms with Crippen LogP contribution in [-0.2, 0) is 19.9 Å². The van der Waals surface area contributed by atoms with E-state index in [9.17, 15) is 16.8 Å². The van der Waals surface area contributed by atoms with Crippen molar-refractivity contribution in [1.82, 2.24) is 4.31 Å². The van der Waals surface area contributed by atoms with Crippen LogP contribution in [0.5, 0.6) is 0 Å². The van der Waals surface area contributed by atoms with Crippen molar-refractivity contribution in [2.75, 3.05) is 18.1 Å². The molecule has 20 heavy (non-hydrogen) atoms. The summed E-state index contributed by atoms with van der Waals surface area (Å²) in [7, 11) is -6.74. The molecule has 1 heterocycles. The molecular formula is C13H19NO4S2. The van der Waals surface area contributed by atoms with E-state index >= 15 is 0 Å². The molecule has 0 N–H and O–H groups in total. The summed E-state index contributed by atoms with van der Waals surface area (Å²) in [5.41, 5.74) is 0.982. The van der Waals surface area contributed by atoms with Crippen LogP contribution in [0.4, 0.5) is 0 Å². The van der Waals surface area contributed by atoms with Gasteiger partial charge in [0.25, 0.3) is 0 Å². The molecule has 2 rings (SSSR count). The molecule has 1 aromatic carbocycles. The lowest BCUT2D eigenvalue weighted by molar-refractivity contribution is 0.354. The van der Waals surface area contributed by atoms with Crippen molar-refractivity contribution < 1.29 is 16.8 Å². The predicted octanol–water partition coefficient (Wildman–Crippen LogP) is 1.19. The largest absolute Gasteiger partial charge is 0.243 e. The maximum atomic E-state index is 12.6. The number of benzene rings is 1. The Balaban J connectivity index is 2.33. The molecule has 1 saturated heterocycles. The maximum Gasteiger partial charge on any atom is 0.243 e. The third-order valence-electron chi connectivity index (χ3n) is 3.55. The lowest BCUT2D eigenvalue weighted by Crippen LogP contribution is -2.40. The fraction of sp³-hybridized carbons (Fsp3) is 0.538. The van der Waals surface area contributed by atoms with Gasteiger partial charge in [-0.15, -0.1) is 0 Å². The lowest BCUT2D eigenvalue weighted by Gasteiger charge is -2.26. The average molecular weight is 317 g/mol. The summed E-state index contributed by atoms with van der Waals surface area (Å²) in [6.45, 7) is 3.89. The zero-order chi connectivity index (χ0) is 15.0. The molecule has 0 bridgehead atoms. The highest BCUT2D eigenvalue weighted by Gasteiger charge is 2.37. The van der Waals surface area contributed by atoms with Crippen LogP contribution >= 0.6 is 0 Å². The minimum atomic E-state index is -3.63. The van der Waals surface area contributed by atoms with Gasteiger partial charge in [-0.3, -0.25) is 0 Å². The molecule has 0 radical (unpaired) electrons. The highest BCUT2D eigenvalue weighted by molar-refractivity contribution is 7.92. The molecule has 0 aliphatic carbocycles. The lowest BCUT2D eigenvalue weighted by atomic mass is 10.2. The zero-order valence-electron chi connectivity index (χ0n) is 11.6. The van der Waals surface area contributed by atoms with Crippen LogP contribution in [0.25, 0.3) is 0 Å². The van der Waals surface area contributed by atoms with Crippen molar-refractivity contribution >= 4 is 19.9 Å². The van der Waals surface area contributed by atoms with Crippen LogP contribution in [-0.4, -0.2) is 45.2 Å². The third kappa shape index (κ3) is 3.05. The SMILES string of the molecule is CCN([C@H]1CCS(=O)(=O)C1)S(=O)(=O)c1ccc(C)cc1. The Kier molecular flexibility index (Phi) is 4.22. The molecule has 7 heteroatoms. The summed E-state index contributed by atoms with van der Waals surface area (Å²) in [6, 6.07) is 6.17. The van der Waals surface area contributed by atoms with Crippen molar-refractivity contribution in [2.24, 2.45) is 0 Å². The van der Waals surface area contributed by atoms with E-state index < -0.39 is 25.9 Å². The van der Waals surface area contributed by atoms with E-state index in [1.165, 1.54) is 4.31 Å². The second-order valence-corrected chi connectivity index (χ2v) is 9.20. The van der Waals surface area contributed by atoms with Gasteiger partial charge in [0, 0.05) is 12.6 Å². The molecule has 1 atom stereocenters. The van der Waals surface area contributed by atoms with Gasteiger partial charge < -0.3 is 0 Å². The molecule has 1 aliphatic heterocycles. The van der Waals surface area contributed by atoms with Gasteiger partial charge in [-0.1, -0.05) is 24.6 Å². The summed E-state index contributed by atoms with van der Waals surface area (Å²) in [4.78, 5) is 0.217. The summed E-state index contributed by atoms with van der Waals surface area (Å²) >= 11 is 0. The Morgan fingerprint density at radius 2 is 1.85 bits per heavy atom. The Bertz CT molecular complexity index is 678. The Morgan fingerprint density at radius 1 is 1.25 bits per heavy atom. The first-order valence-corrected chi connectivity index (χ1v) is 9.81. The van der Waals surface area contributed by atoms with Crippen LogP contribution in [0, 0.1) is 6.92 Å². The second kappa shape index (κ2) is 5.46. The van der Waals surface area contributed by atoms with E-state index in [0.29, 0.717) is 6.42 Å². The van der Waals surface area contributed by atoms with E-state index in [1.54, 1.807) is 31.2 Å². The Morgan fingerprint density at radius 3 is 2.30 bits per heavy atom. The molecule has 0 amide bonds. The number of hydrogen-bond donors (Lipinski definition) is 0. The van der Waals surface area contributed by atoms with Crippen molar-refractivity contribution in [3.05, 3.63) is 29.8 Å². The monoisotopic (exact) mass is 317 g/mol. The van der Waals surface area contributed by atoms with Gasteiger partial charge >= 0.3 is 0 Å². The molecule has 5 nitrogen and oxygen atoms in total. The molecule has 1 fully saturated rings. The van der Waals surface area contributed by atoms with E-state index in [-0.39, 0.29) is 22.9 Å². The molecule has 1 aliphatic rings. The molecule has 0 saturated carbocycles. The highest BCUT2D eigenvalue weighted by Crippen LogP contribution is 2.24. The van der Waals surface area contributed by atoms with Gasteiger partial charge in [-0.05, 0) is 25.5 Å². The standard InChI is InChI=1S/C13H19NO4S2/c1-3-14(12-8-9-19(15,16)10-12)20(17,18)13-6-4-11(2)5-7-13/h4-7,12H,3,8-10H2,1-2H3/t12-/m0/s1. The Labute approximate surface area is 120 Å². The van der Waals surface area contributed by atoms with Crippen LogP contribution in [0.3, 0.4) is 0 Å². The molecule has 0 aromatic heterocycles. The van der Waals surface area contributed by atoms with Gasteiger partial charge in [-0.25, -0.2) is 16.8 Å². The quantitative estimate of drug-likeness (QED) is 0.836. The van der Waals surface area contributed by atoms with Gasteiger partial charge in [-0.2, -0.15) is 4.31 Å². The topological polar surface area (TPSA) is 71.5 Å². The van der Waals surface area contributed by atoms with Crippen LogP contribution < -0.4 is 0 Å². The fourth-order valence-electron chi connectivity index (χ4n) is 2.47. The normalized spacial score (nSPS) is 22.2. The molecule has 0 spiro atoms. The summed E-state index contributed by atoms with van der Waals surface area (Å²) in [5, 5.41) is 0. The summed E-state index contributed by atoms with van der Waals surface area (Å²) < 4.78 is 49.6. The fourth-order valence-corrected chi connectivity index (χ4v) is 5.96. The van der Waals surface area contributed by atoms with Crippen LogP contribution in [0.1, 0.15) is 18.9 Å². The van der Waals surface area contributed by atoms with Crippen LogP contribution in [0.15, 0.2) is 29.2 Å². The number of hydrogen-bond acceptors (Lipinski definition) is 4. The predicted molar refractivity (Wildman–Crippen MR) is 77.8 cm³/mol. The average Bonchev–Trinajstić information content (AvgIpc) is 2.70. The van der Waals surface area contributed by atoms with Crippen molar-refractivity contribution in [1.29, 1.82) is 0 Å². The zero-order valence-corrected chi connectivity index (χ0v) is 13.2.